The second kappa shape index (κ2) is 6.98. The molecule has 2 aromatic rings. The molecule has 1 aromatic heterocycles. The molecule has 2 N–H and O–H groups in total. The molecule has 0 saturated heterocycles. The van der Waals surface area contributed by atoms with Crippen molar-refractivity contribution in [3.05, 3.63) is 41.6 Å². The van der Waals surface area contributed by atoms with Crippen LogP contribution in [0, 0.1) is 6.92 Å². The molecule has 0 aliphatic rings. The average Bonchev–Trinajstić information content (AvgIpc) is 2.72. The van der Waals surface area contributed by atoms with Crippen LogP contribution in [0.2, 0.25) is 0 Å². The van der Waals surface area contributed by atoms with Gasteiger partial charge in [-0.2, -0.15) is 5.10 Å². The number of benzene rings is 1. The maximum atomic E-state index is 6.02. The maximum absolute atomic E-state index is 6.02. The van der Waals surface area contributed by atoms with Crippen LogP contribution in [-0.2, 0) is 13.0 Å². The molecule has 1 heterocycles. The predicted molar refractivity (Wildman–Crippen MR) is 81.9 cm³/mol. The zero-order valence-electron chi connectivity index (χ0n) is 12.3. The minimum atomic E-state index is 0.661. The van der Waals surface area contributed by atoms with Gasteiger partial charge in [-0.3, -0.25) is 0 Å². The minimum absolute atomic E-state index is 0.661. The van der Waals surface area contributed by atoms with E-state index in [-0.39, 0.29) is 0 Å². The van der Waals surface area contributed by atoms with Crippen LogP contribution in [0.3, 0.4) is 0 Å². The number of nitrogens with zero attached hydrogens (tertiary/aromatic N) is 2. The molecule has 1 aromatic carbocycles. The zero-order valence-corrected chi connectivity index (χ0v) is 12.3. The summed E-state index contributed by atoms with van der Waals surface area (Å²) in [5.41, 5.74) is 8.86. The Bertz CT molecular complexity index is 534. The van der Waals surface area contributed by atoms with Crippen LogP contribution in [-0.4, -0.2) is 16.4 Å². The number of aromatic nitrogens is 2. The normalized spacial score (nSPS) is 10.7. The van der Waals surface area contributed by atoms with E-state index < -0.39 is 0 Å². The maximum Gasteiger partial charge on any atom is 0.236 e. The van der Waals surface area contributed by atoms with Crippen molar-refractivity contribution in [2.24, 2.45) is 0 Å². The van der Waals surface area contributed by atoms with Gasteiger partial charge >= 0.3 is 0 Å². The fourth-order valence-electron chi connectivity index (χ4n) is 2.18. The van der Waals surface area contributed by atoms with Crippen LogP contribution in [0.1, 0.15) is 31.0 Å². The SMILES string of the molecule is CCCn1nc(C)c(N)c1OCCCc1ccccc1. The lowest BCUT2D eigenvalue weighted by atomic mass is 10.1. The van der Waals surface area contributed by atoms with E-state index in [9.17, 15) is 0 Å². The van der Waals surface area contributed by atoms with Crippen LogP contribution >= 0.6 is 0 Å². The largest absolute Gasteiger partial charge is 0.476 e. The van der Waals surface area contributed by atoms with Crippen LogP contribution in [0.5, 0.6) is 5.88 Å². The fourth-order valence-corrected chi connectivity index (χ4v) is 2.18. The summed E-state index contributed by atoms with van der Waals surface area (Å²) in [5, 5.41) is 4.40. The molecule has 20 heavy (non-hydrogen) atoms. The molecule has 0 fully saturated rings. The molecule has 0 bridgehead atoms. The molecular formula is C16H23N3O. The third-order valence-electron chi connectivity index (χ3n) is 3.25. The van der Waals surface area contributed by atoms with E-state index in [0.29, 0.717) is 12.3 Å². The molecule has 0 aliphatic heterocycles. The number of hydrogen-bond acceptors (Lipinski definition) is 3. The van der Waals surface area contributed by atoms with Crippen molar-refractivity contribution in [2.45, 2.75) is 39.7 Å². The summed E-state index contributed by atoms with van der Waals surface area (Å²) in [7, 11) is 0. The molecule has 0 aliphatic carbocycles. The number of rotatable bonds is 7. The number of hydrogen-bond donors (Lipinski definition) is 1. The Labute approximate surface area is 120 Å². The van der Waals surface area contributed by atoms with Gasteiger partial charge in [0.1, 0.15) is 5.69 Å². The molecule has 4 nitrogen and oxygen atoms in total. The highest BCUT2D eigenvalue weighted by Crippen LogP contribution is 2.25. The van der Waals surface area contributed by atoms with Crippen molar-refractivity contribution in [2.75, 3.05) is 12.3 Å². The molecule has 0 radical (unpaired) electrons. The van der Waals surface area contributed by atoms with Crippen molar-refractivity contribution >= 4 is 5.69 Å². The Morgan fingerprint density at radius 3 is 2.70 bits per heavy atom. The standard InChI is InChI=1S/C16H23N3O/c1-3-11-19-16(15(17)13(2)18-19)20-12-7-10-14-8-5-4-6-9-14/h4-6,8-9H,3,7,10-12,17H2,1-2H3. The summed E-state index contributed by atoms with van der Waals surface area (Å²) in [4.78, 5) is 0. The monoisotopic (exact) mass is 273 g/mol. The molecule has 0 spiro atoms. The molecule has 0 amide bonds. The van der Waals surface area contributed by atoms with E-state index in [1.807, 2.05) is 17.7 Å². The lowest BCUT2D eigenvalue weighted by Crippen LogP contribution is -2.07. The molecule has 0 unspecified atom stereocenters. The first-order valence-corrected chi connectivity index (χ1v) is 7.22. The second-order valence-corrected chi connectivity index (χ2v) is 4.96. The number of aryl methyl sites for hydroxylation is 3. The topological polar surface area (TPSA) is 53.1 Å². The molecule has 0 atom stereocenters. The van der Waals surface area contributed by atoms with Gasteiger partial charge in [-0.05, 0) is 31.7 Å². The predicted octanol–water partition coefficient (Wildman–Crippen LogP) is 3.20. The zero-order chi connectivity index (χ0) is 14.4. The van der Waals surface area contributed by atoms with Gasteiger partial charge in [0.15, 0.2) is 0 Å². The van der Waals surface area contributed by atoms with E-state index in [1.54, 1.807) is 0 Å². The summed E-state index contributed by atoms with van der Waals surface area (Å²) in [6, 6.07) is 10.4. The van der Waals surface area contributed by atoms with Gasteiger partial charge in [0.25, 0.3) is 0 Å². The van der Waals surface area contributed by atoms with Gasteiger partial charge < -0.3 is 10.5 Å². The Hall–Kier alpha value is -1.97. The van der Waals surface area contributed by atoms with Gasteiger partial charge in [0.05, 0.1) is 12.3 Å². The van der Waals surface area contributed by atoms with Crippen molar-refractivity contribution < 1.29 is 4.74 Å². The summed E-state index contributed by atoms with van der Waals surface area (Å²) < 4.78 is 7.71. The number of nitrogens with two attached hydrogens (primary N) is 1. The Kier molecular flexibility index (Phi) is 5.04. The van der Waals surface area contributed by atoms with Gasteiger partial charge in [0, 0.05) is 6.54 Å². The molecule has 4 heteroatoms. The first-order chi connectivity index (χ1) is 9.72. The smallest absolute Gasteiger partial charge is 0.236 e. The summed E-state index contributed by atoms with van der Waals surface area (Å²) >= 11 is 0. The Morgan fingerprint density at radius 1 is 1.25 bits per heavy atom. The van der Waals surface area contributed by atoms with Crippen LogP contribution in [0.15, 0.2) is 30.3 Å². The summed E-state index contributed by atoms with van der Waals surface area (Å²) in [6.07, 6.45) is 3.00. The average molecular weight is 273 g/mol. The van der Waals surface area contributed by atoms with Crippen LogP contribution in [0.25, 0.3) is 0 Å². The van der Waals surface area contributed by atoms with Gasteiger partial charge in [-0.25, -0.2) is 4.68 Å². The second-order valence-electron chi connectivity index (χ2n) is 4.96. The lowest BCUT2D eigenvalue weighted by molar-refractivity contribution is 0.279. The van der Waals surface area contributed by atoms with Crippen molar-refractivity contribution in [1.29, 1.82) is 0 Å². The fraction of sp³-hybridized carbons (Fsp3) is 0.438. The van der Waals surface area contributed by atoms with E-state index in [0.717, 1.165) is 37.4 Å². The van der Waals surface area contributed by atoms with Crippen molar-refractivity contribution in [3.63, 3.8) is 0 Å². The number of nitrogen functional groups attached to an aromatic ring is 1. The van der Waals surface area contributed by atoms with E-state index in [1.165, 1.54) is 5.56 Å². The highest BCUT2D eigenvalue weighted by atomic mass is 16.5. The quantitative estimate of drug-likeness (QED) is 0.788. The first-order valence-electron chi connectivity index (χ1n) is 7.22. The van der Waals surface area contributed by atoms with E-state index >= 15 is 0 Å². The van der Waals surface area contributed by atoms with Crippen molar-refractivity contribution in [3.8, 4) is 5.88 Å². The Morgan fingerprint density at radius 2 is 2.00 bits per heavy atom. The van der Waals surface area contributed by atoms with Crippen LogP contribution in [0.4, 0.5) is 5.69 Å². The first kappa shape index (κ1) is 14.4. The summed E-state index contributed by atoms with van der Waals surface area (Å²) in [6.45, 7) is 5.53. The molecule has 108 valence electrons. The highest BCUT2D eigenvalue weighted by molar-refractivity contribution is 5.52. The van der Waals surface area contributed by atoms with E-state index in [4.69, 9.17) is 10.5 Å². The number of anilines is 1. The summed E-state index contributed by atoms with van der Waals surface area (Å²) in [5.74, 6) is 0.720. The third-order valence-corrected chi connectivity index (χ3v) is 3.25. The third kappa shape index (κ3) is 3.53. The van der Waals surface area contributed by atoms with Gasteiger partial charge in [-0.15, -0.1) is 0 Å². The molecular weight excluding hydrogens is 250 g/mol. The van der Waals surface area contributed by atoms with Crippen LogP contribution < -0.4 is 10.5 Å². The van der Waals surface area contributed by atoms with Gasteiger partial charge in [0.2, 0.25) is 5.88 Å². The van der Waals surface area contributed by atoms with E-state index in [2.05, 4.69) is 36.3 Å². The number of ether oxygens (including phenoxy) is 1. The molecule has 0 saturated carbocycles. The molecule has 2 rings (SSSR count). The lowest BCUT2D eigenvalue weighted by Gasteiger charge is -2.09. The highest BCUT2D eigenvalue weighted by Gasteiger charge is 2.13. The van der Waals surface area contributed by atoms with Crippen molar-refractivity contribution in [1.82, 2.24) is 9.78 Å². The van der Waals surface area contributed by atoms with Gasteiger partial charge in [-0.1, -0.05) is 37.3 Å². The minimum Gasteiger partial charge on any atom is -0.476 e. The Balaban J connectivity index is 1.87.